The molecule has 1 aliphatic heterocycles. The van der Waals surface area contributed by atoms with Crippen molar-refractivity contribution >= 4 is 50.3 Å². The highest BCUT2D eigenvalue weighted by Gasteiger charge is 2.40. The number of aromatic nitrogens is 4. The van der Waals surface area contributed by atoms with Crippen LogP contribution in [0.15, 0.2) is 41.6 Å². The van der Waals surface area contributed by atoms with E-state index in [1.807, 2.05) is 0 Å². The number of carbonyl (C=O) groups is 1. The summed E-state index contributed by atoms with van der Waals surface area (Å²) in [6.45, 7) is 1.67. The van der Waals surface area contributed by atoms with Gasteiger partial charge in [-0.15, -0.1) is 0 Å². The lowest BCUT2D eigenvalue weighted by atomic mass is 10.0. The fourth-order valence-corrected chi connectivity index (χ4v) is 5.39. The second-order valence-electron chi connectivity index (χ2n) is 9.58. The summed E-state index contributed by atoms with van der Waals surface area (Å²) in [5.41, 5.74) is 1.84. The predicted molar refractivity (Wildman–Crippen MR) is 143 cm³/mol. The van der Waals surface area contributed by atoms with Crippen LogP contribution in [0.3, 0.4) is 0 Å². The van der Waals surface area contributed by atoms with E-state index in [2.05, 4.69) is 20.3 Å². The van der Waals surface area contributed by atoms with Gasteiger partial charge in [0, 0.05) is 61.7 Å². The zero-order valence-electron chi connectivity index (χ0n) is 21.0. The molecule has 0 unspecified atom stereocenters. The molecule has 0 bridgehead atoms. The van der Waals surface area contributed by atoms with Crippen molar-refractivity contribution in [2.75, 3.05) is 30.4 Å². The lowest BCUT2D eigenvalue weighted by Gasteiger charge is -2.23. The van der Waals surface area contributed by atoms with Crippen molar-refractivity contribution in [1.82, 2.24) is 19.5 Å². The quantitative estimate of drug-likeness (QED) is 0.294. The SMILES string of the molecule is CCn1cc(C(=O)O)c(=O)c2cc(-c3cnc4[nH]c5c(NC)cc(F)cc5c4c3N3CCC(F)(F)C3)cnc21. The minimum atomic E-state index is -2.92. The lowest BCUT2D eigenvalue weighted by molar-refractivity contribution is 0.0257. The van der Waals surface area contributed by atoms with Crippen molar-refractivity contribution in [3.63, 3.8) is 0 Å². The van der Waals surface area contributed by atoms with Crippen LogP contribution >= 0.6 is 0 Å². The van der Waals surface area contributed by atoms with Gasteiger partial charge >= 0.3 is 5.97 Å². The average molecular weight is 537 g/mol. The number of aryl methyl sites for hydroxylation is 1. The molecule has 12 heteroatoms. The highest BCUT2D eigenvalue weighted by Crippen LogP contribution is 2.44. The van der Waals surface area contributed by atoms with Crippen LogP contribution in [0.5, 0.6) is 0 Å². The van der Waals surface area contributed by atoms with Crippen LogP contribution in [-0.2, 0) is 6.54 Å². The summed E-state index contributed by atoms with van der Waals surface area (Å²) in [5.74, 6) is -4.80. The van der Waals surface area contributed by atoms with Crippen molar-refractivity contribution in [2.24, 2.45) is 0 Å². The number of carboxylic acid groups (broad SMARTS) is 1. The monoisotopic (exact) mass is 536 g/mol. The first kappa shape index (κ1) is 24.7. The van der Waals surface area contributed by atoms with Crippen LogP contribution in [0.2, 0.25) is 0 Å². The molecule has 5 aromatic rings. The van der Waals surface area contributed by atoms with E-state index >= 15 is 0 Å². The van der Waals surface area contributed by atoms with Gasteiger partial charge in [-0.2, -0.15) is 0 Å². The second kappa shape index (κ2) is 8.72. The van der Waals surface area contributed by atoms with Crippen LogP contribution in [0.25, 0.3) is 44.1 Å². The first-order chi connectivity index (χ1) is 18.6. The first-order valence-electron chi connectivity index (χ1n) is 12.3. The molecule has 0 spiro atoms. The molecule has 4 aromatic heterocycles. The van der Waals surface area contributed by atoms with E-state index in [1.165, 1.54) is 36.8 Å². The maximum absolute atomic E-state index is 14.6. The van der Waals surface area contributed by atoms with Crippen LogP contribution < -0.4 is 15.6 Å². The maximum Gasteiger partial charge on any atom is 0.341 e. The van der Waals surface area contributed by atoms with E-state index in [4.69, 9.17) is 0 Å². The maximum atomic E-state index is 14.6. The van der Waals surface area contributed by atoms with Gasteiger partial charge in [0.15, 0.2) is 0 Å². The third kappa shape index (κ3) is 3.85. The number of hydrogen-bond acceptors (Lipinski definition) is 6. The molecule has 3 N–H and O–H groups in total. The predicted octanol–water partition coefficient (Wildman–Crippen LogP) is 4.84. The van der Waals surface area contributed by atoms with E-state index in [9.17, 15) is 27.9 Å². The van der Waals surface area contributed by atoms with E-state index in [0.717, 1.165) is 0 Å². The third-order valence-corrected chi connectivity index (χ3v) is 7.22. The van der Waals surface area contributed by atoms with Gasteiger partial charge < -0.3 is 24.9 Å². The fraction of sp³-hybridized carbons (Fsp3) is 0.259. The summed E-state index contributed by atoms with van der Waals surface area (Å²) in [6.07, 6.45) is 3.91. The number of hydrogen-bond donors (Lipinski definition) is 3. The Hall–Kier alpha value is -4.61. The number of anilines is 2. The highest BCUT2D eigenvalue weighted by molar-refractivity contribution is 6.18. The molecule has 0 saturated carbocycles. The number of fused-ring (bicyclic) bond motifs is 4. The molecule has 6 rings (SSSR count). The van der Waals surface area contributed by atoms with Crippen LogP contribution in [-0.4, -0.2) is 56.7 Å². The van der Waals surface area contributed by atoms with Crippen LogP contribution in [0.4, 0.5) is 24.5 Å². The lowest BCUT2D eigenvalue weighted by Crippen LogP contribution is -2.25. The van der Waals surface area contributed by atoms with Crippen molar-refractivity contribution < 1.29 is 23.1 Å². The first-order valence-corrected chi connectivity index (χ1v) is 12.3. The Morgan fingerprint density at radius 3 is 2.67 bits per heavy atom. The standard InChI is InChI=1S/C27H23F3N6O3/c1-3-35-11-18(26(38)39)23(37)16-6-13(9-33-25(16)35)17-10-32-24-20(22(17)36-5-4-27(29,30)12-36)15-7-14(28)8-19(31-2)21(15)34-24/h6-11,31H,3-5,12H2,1-2H3,(H,32,34)(H,38,39). The highest BCUT2D eigenvalue weighted by atomic mass is 19.3. The Morgan fingerprint density at radius 1 is 1.21 bits per heavy atom. The average Bonchev–Trinajstić information content (AvgIpc) is 3.47. The minimum Gasteiger partial charge on any atom is -0.477 e. The second-order valence-corrected chi connectivity index (χ2v) is 9.58. The van der Waals surface area contributed by atoms with E-state index in [1.54, 1.807) is 23.4 Å². The zero-order chi connectivity index (χ0) is 27.6. The molecule has 1 aliphatic rings. The Labute approximate surface area is 218 Å². The van der Waals surface area contributed by atoms with E-state index in [0.29, 0.717) is 56.6 Å². The number of H-pyrrole nitrogens is 1. The van der Waals surface area contributed by atoms with Gasteiger partial charge in [0.05, 0.1) is 34.2 Å². The zero-order valence-corrected chi connectivity index (χ0v) is 21.0. The van der Waals surface area contributed by atoms with E-state index in [-0.39, 0.29) is 18.4 Å². The number of nitrogens with one attached hydrogen (secondary N) is 2. The Balaban J connectivity index is 1.69. The molecular weight excluding hydrogens is 513 g/mol. The van der Waals surface area contributed by atoms with Gasteiger partial charge in [-0.1, -0.05) is 0 Å². The van der Waals surface area contributed by atoms with Gasteiger partial charge in [0.25, 0.3) is 5.92 Å². The third-order valence-electron chi connectivity index (χ3n) is 7.22. The Kier molecular flexibility index (Phi) is 5.52. The molecule has 0 atom stereocenters. The smallest absolute Gasteiger partial charge is 0.341 e. The molecule has 5 heterocycles. The molecule has 1 fully saturated rings. The molecule has 0 radical (unpaired) electrons. The summed E-state index contributed by atoms with van der Waals surface area (Å²) in [4.78, 5) is 38.5. The van der Waals surface area contributed by atoms with Crippen LogP contribution in [0, 0.1) is 5.82 Å². The van der Waals surface area contributed by atoms with Gasteiger partial charge in [0.1, 0.15) is 22.7 Å². The summed E-state index contributed by atoms with van der Waals surface area (Å²) < 4.78 is 45.1. The number of rotatable bonds is 5. The van der Waals surface area contributed by atoms with E-state index < -0.39 is 35.2 Å². The number of aromatic carboxylic acids is 1. The fourth-order valence-electron chi connectivity index (χ4n) is 5.39. The largest absolute Gasteiger partial charge is 0.477 e. The van der Waals surface area contributed by atoms with Gasteiger partial charge in [-0.3, -0.25) is 4.79 Å². The summed E-state index contributed by atoms with van der Waals surface area (Å²) in [6, 6.07) is 4.17. The van der Waals surface area contributed by atoms with Crippen LogP contribution in [0.1, 0.15) is 23.7 Å². The molecule has 0 aliphatic carbocycles. The summed E-state index contributed by atoms with van der Waals surface area (Å²) in [7, 11) is 1.65. The van der Waals surface area contributed by atoms with Gasteiger partial charge in [0.2, 0.25) is 5.43 Å². The normalized spacial score (nSPS) is 15.1. The van der Waals surface area contributed by atoms with Gasteiger partial charge in [-0.25, -0.2) is 27.9 Å². The topological polar surface area (TPSA) is 116 Å². The van der Waals surface area contributed by atoms with Crippen molar-refractivity contribution in [3.8, 4) is 11.1 Å². The molecule has 39 heavy (non-hydrogen) atoms. The number of alkyl halides is 2. The number of halogens is 3. The number of nitrogens with zero attached hydrogens (tertiary/aromatic N) is 4. The summed E-state index contributed by atoms with van der Waals surface area (Å²) >= 11 is 0. The number of carboxylic acids is 1. The number of benzene rings is 1. The molecule has 0 amide bonds. The Morgan fingerprint density at radius 2 is 2.00 bits per heavy atom. The summed E-state index contributed by atoms with van der Waals surface area (Å²) in [5, 5.41) is 13.5. The minimum absolute atomic E-state index is 0.0484. The molecular formula is C27H23F3N6O3. The number of aromatic amines is 1. The molecule has 9 nitrogen and oxygen atoms in total. The molecule has 1 aromatic carbocycles. The number of pyridine rings is 3. The van der Waals surface area contributed by atoms with Crippen molar-refractivity contribution in [2.45, 2.75) is 25.8 Å². The van der Waals surface area contributed by atoms with Crippen molar-refractivity contribution in [1.29, 1.82) is 0 Å². The van der Waals surface area contributed by atoms with Crippen molar-refractivity contribution in [3.05, 3.63) is 58.4 Å². The molecule has 1 saturated heterocycles. The Bertz CT molecular complexity index is 1880. The van der Waals surface area contributed by atoms with Gasteiger partial charge in [-0.05, 0) is 25.1 Å². The molecule has 200 valence electrons.